The van der Waals surface area contributed by atoms with Crippen LogP contribution in [0.2, 0.25) is 0 Å². The number of rotatable bonds is 3. The minimum Gasteiger partial charge on any atom is -0.507 e. The fourth-order valence-corrected chi connectivity index (χ4v) is 3.52. The second kappa shape index (κ2) is 7.04. The zero-order valence-electron chi connectivity index (χ0n) is 11.7. The molecule has 0 unspecified atom stereocenters. The molecule has 0 spiro atoms. The van der Waals surface area contributed by atoms with E-state index in [1.165, 1.54) is 7.11 Å². The van der Waals surface area contributed by atoms with Crippen LogP contribution in [0.3, 0.4) is 0 Å². The molecule has 6 heteroatoms. The number of ether oxygens (including phenoxy) is 2. The van der Waals surface area contributed by atoms with Crippen LogP contribution in [-0.4, -0.2) is 36.8 Å². The van der Waals surface area contributed by atoms with E-state index in [2.05, 4.69) is 20.7 Å². The molecule has 1 aromatic rings. The van der Waals surface area contributed by atoms with Crippen LogP contribution < -0.4 is 4.74 Å². The minimum atomic E-state index is -0.485. The largest absolute Gasteiger partial charge is 0.507 e. The lowest BCUT2D eigenvalue weighted by molar-refractivity contribution is -0.136. The Hall–Kier alpha value is -1.40. The molecule has 1 heterocycles. The highest BCUT2D eigenvalue weighted by Crippen LogP contribution is 2.31. The van der Waals surface area contributed by atoms with Gasteiger partial charge in [-0.2, -0.15) is 11.8 Å². The first-order valence-electron chi connectivity index (χ1n) is 6.19. The number of aliphatic hydroxyl groups is 1. The average Bonchev–Trinajstić information content (AvgIpc) is 2.49. The Bertz CT molecular complexity index is 622. The molecule has 1 aliphatic rings. The summed E-state index contributed by atoms with van der Waals surface area (Å²) in [6.45, 7) is 0. The summed E-state index contributed by atoms with van der Waals surface area (Å²) in [7, 11) is 2.92. The Labute approximate surface area is 136 Å². The molecule has 0 aliphatic carbocycles. The molecular weight excluding hydrogens is 356 g/mol. The van der Waals surface area contributed by atoms with Crippen LogP contribution in [0, 0.1) is 0 Å². The van der Waals surface area contributed by atoms with E-state index in [1.54, 1.807) is 18.9 Å². The summed E-state index contributed by atoms with van der Waals surface area (Å²) >= 11 is 4.99. The van der Waals surface area contributed by atoms with E-state index in [1.807, 2.05) is 24.3 Å². The van der Waals surface area contributed by atoms with Crippen LogP contribution in [0.4, 0.5) is 0 Å². The standard InChI is InChI=1S/C15H15BrO4S/c1-19-13-4-3-9(6-12(13)16)5-10-7-21-8-11(14(10)17)15(18)20-2/h3-6,17H,7-8H2,1-2H3/b10-5+. The number of halogens is 1. The number of hydrogen-bond acceptors (Lipinski definition) is 5. The van der Waals surface area contributed by atoms with Crippen LogP contribution in [0.15, 0.2) is 39.6 Å². The van der Waals surface area contributed by atoms with Crippen LogP contribution in [0.25, 0.3) is 6.08 Å². The van der Waals surface area contributed by atoms with Gasteiger partial charge in [0, 0.05) is 17.1 Å². The molecule has 0 saturated carbocycles. The zero-order chi connectivity index (χ0) is 15.4. The summed E-state index contributed by atoms with van der Waals surface area (Å²) in [6.07, 6.45) is 1.86. The number of carbonyl (C=O) groups excluding carboxylic acids is 1. The van der Waals surface area contributed by atoms with Crippen LogP contribution >= 0.6 is 27.7 Å². The van der Waals surface area contributed by atoms with E-state index in [9.17, 15) is 9.90 Å². The van der Waals surface area contributed by atoms with Gasteiger partial charge in [0.1, 0.15) is 11.5 Å². The van der Waals surface area contributed by atoms with E-state index >= 15 is 0 Å². The Morgan fingerprint density at radius 1 is 1.38 bits per heavy atom. The first-order chi connectivity index (χ1) is 10.1. The number of esters is 1. The van der Waals surface area contributed by atoms with Crippen molar-refractivity contribution >= 4 is 39.7 Å². The van der Waals surface area contributed by atoms with E-state index in [0.717, 1.165) is 15.8 Å². The predicted octanol–water partition coefficient (Wildman–Crippen LogP) is 3.57. The van der Waals surface area contributed by atoms with Crippen molar-refractivity contribution < 1.29 is 19.4 Å². The van der Waals surface area contributed by atoms with Gasteiger partial charge in [-0.25, -0.2) is 4.79 Å². The predicted molar refractivity (Wildman–Crippen MR) is 87.7 cm³/mol. The van der Waals surface area contributed by atoms with Crippen molar-refractivity contribution in [3.63, 3.8) is 0 Å². The Kier molecular flexibility index (Phi) is 5.36. The molecule has 1 aliphatic heterocycles. The highest BCUT2D eigenvalue weighted by Gasteiger charge is 2.23. The normalized spacial score (nSPS) is 17.0. The van der Waals surface area contributed by atoms with Crippen LogP contribution in [-0.2, 0) is 9.53 Å². The molecule has 0 atom stereocenters. The lowest BCUT2D eigenvalue weighted by Gasteiger charge is -2.17. The molecule has 0 radical (unpaired) electrons. The lowest BCUT2D eigenvalue weighted by atomic mass is 10.1. The average molecular weight is 371 g/mol. The molecule has 0 bridgehead atoms. The van der Waals surface area contributed by atoms with Crippen molar-refractivity contribution in [2.45, 2.75) is 0 Å². The summed E-state index contributed by atoms with van der Waals surface area (Å²) in [6, 6.07) is 5.63. The van der Waals surface area contributed by atoms with Crippen molar-refractivity contribution in [2.24, 2.45) is 0 Å². The SMILES string of the molecule is COC(=O)C1=C(O)/C(=C/c2ccc(OC)c(Br)c2)CSC1. The number of carbonyl (C=O) groups is 1. The first-order valence-corrected chi connectivity index (χ1v) is 8.14. The van der Waals surface area contributed by atoms with E-state index in [-0.39, 0.29) is 5.76 Å². The maximum Gasteiger partial charge on any atom is 0.338 e. The van der Waals surface area contributed by atoms with Gasteiger partial charge >= 0.3 is 5.97 Å². The third kappa shape index (κ3) is 3.63. The third-order valence-corrected chi connectivity index (χ3v) is 4.67. The fraction of sp³-hybridized carbons (Fsp3) is 0.267. The molecule has 2 rings (SSSR count). The van der Waals surface area contributed by atoms with Crippen molar-refractivity contribution in [3.8, 4) is 5.75 Å². The highest BCUT2D eigenvalue weighted by atomic mass is 79.9. The molecule has 112 valence electrons. The molecule has 0 fully saturated rings. The van der Waals surface area contributed by atoms with Crippen LogP contribution in [0.1, 0.15) is 5.56 Å². The Morgan fingerprint density at radius 2 is 2.14 bits per heavy atom. The molecule has 0 amide bonds. The Morgan fingerprint density at radius 3 is 2.76 bits per heavy atom. The number of aliphatic hydroxyl groups excluding tert-OH is 1. The molecule has 1 N–H and O–H groups in total. The first kappa shape index (κ1) is 16.0. The number of allylic oxidation sites excluding steroid dienone is 1. The second-order valence-electron chi connectivity index (χ2n) is 4.38. The van der Waals surface area contributed by atoms with Gasteiger partial charge in [0.2, 0.25) is 0 Å². The van der Waals surface area contributed by atoms with Gasteiger partial charge in [-0.1, -0.05) is 6.07 Å². The van der Waals surface area contributed by atoms with E-state index < -0.39 is 5.97 Å². The summed E-state index contributed by atoms with van der Waals surface area (Å²) in [5.41, 5.74) is 1.94. The lowest BCUT2D eigenvalue weighted by Crippen LogP contribution is -2.16. The number of thioether (sulfide) groups is 1. The second-order valence-corrected chi connectivity index (χ2v) is 6.22. The molecule has 0 aromatic heterocycles. The summed E-state index contributed by atoms with van der Waals surface area (Å²) in [5.74, 6) is 1.39. The van der Waals surface area contributed by atoms with Crippen molar-refractivity contribution in [1.29, 1.82) is 0 Å². The minimum absolute atomic E-state index is 0.0209. The Balaban J connectivity index is 2.36. The number of methoxy groups -OCH3 is 2. The monoisotopic (exact) mass is 370 g/mol. The molecule has 4 nitrogen and oxygen atoms in total. The van der Waals surface area contributed by atoms with Gasteiger partial charge in [0.05, 0.1) is 24.3 Å². The van der Waals surface area contributed by atoms with Gasteiger partial charge in [-0.05, 0) is 39.7 Å². The van der Waals surface area contributed by atoms with Gasteiger partial charge in [0.15, 0.2) is 0 Å². The maximum atomic E-state index is 11.6. The van der Waals surface area contributed by atoms with Crippen molar-refractivity contribution in [3.05, 3.63) is 45.1 Å². The summed E-state index contributed by atoms with van der Waals surface area (Å²) in [5, 5.41) is 10.2. The van der Waals surface area contributed by atoms with E-state index in [0.29, 0.717) is 22.7 Å². The van der Waals surface area contributed by atoms with Gasteiger partial charge in [-0.15, -0.1) is 0 Å². The zero-order valence-corrected chi connectivity index (χ0v) is 14.1. The van der Waals surface area contributed by atoms with Crippen molar-refractivity contribution in [2.75, 3.05) is 25.7 Å². The maximum absolute atomic E-state index is 11.6. The van der Waals surface area contributed by atoms with Gasteiger partial charge in [0.25, 0.3) is 0 Å². The summed E-state index contributed by atoms with van der Waals surface area (Å²) in [4.78, 5) is 11.6. The van der Waals surface area contributed by atoms with Crippen molar-refractivity contribution in [1.82, 2.24) is 0 Å². The van der Waals surface area contributed by atoms with Crippen LogP contribution in [0.5, 0.6) is 5.75 Å². The summed E-state index contributed by atoms with van der Waals surface area (Å²) < 4.78 is 10.7. The smallest absolute Gasteiger partial charge is 0.338 e. The molecule has 21 heavy (non-hydrogen) atoms. The number of hydrogen-bond donors (Lipinski definition) is 1. The molecule has 1 aromatic carbocycles. The number of benzene rings is 1. The molecular formula is C15H15BrO4S. The fourth-order valence-electron chi connectivity index (χ4n) is 1.96. The van der Waals surface area contributed by atoms with E-state index in [4.69, 9.17) is 4.74 Å². The quantitative estimate of drug-likeness (QED) is 0.824. The third-order valence-electron chi connectivity index (χ3n) is 3.04. The molecule has 0 saturated heterocycles. The van der Waals surface area contributed by atoms with Gasteiger partial charge in [-0.3, -0.25) is 0 Å². The topological polar surface area (TPSA) is 55.8 Å². The van der Waals surface area contributed by atoms with Gasteiger partial charge < -0.3 is 14.6 Å². The highest BCUT2D eigenvalue weighted by molar-refractivity contribution is 9.10.